The summed E-state index contributed by atoms with van der Waals surface area (Å²) in [6.07, 6.45) is 1.69. The molecule has 0 spiro atoms. The Labute approximate surface area is 135 Å². The Morgan fingerprint density at radius 3 is 2.18 bits per heavy atom. The maximum Gasteiger partial charge on any atom is 0.364 e. The van der Waals surface area contributed by atoms with E-state index in [1.807, 2.05) is 27.3 Å². The van der Waals surface area contributed by atoms with Gasteiger partial charge in [-0.2, -0.15) is 0 Å². The van der Waals surface area contributed by atoms with Gasteiger partial charge in [0, 0.05) is 20.6 Å². The van der Waals surface area contributed by atoms with Crippen LogP contribution in [0.1, 0.15) is 47.0 Å². The first kappa shape index (κ1) is 20.0. The van der Waals surface area contributed by atoms with Crippen LogP contribution in [-0.2, 0) is 27.8 Å². The minimum Gasteiger partial charge on any atom is -0.396 e. The van der Waals surface area contributed by atoms with Crippen molar-refractivity contribution in [3.8, 4) is 0 Å². The third-order valence-corrected chi connectivity index (χ3v) is 7.41. The fourth-order valence-corrected chi connectivity index (χ4v) is 4.31. The molecule has 7 heteroatoms. The second-order valence-corrected chi connectivity index (χ2v) is 9.18. The van der Waals surface area contributed by atoms with E-state index < -0.39 is 20.8 Å². The van der Waals surface area contributed by atoms with Crippen LogP contribution in [0.25, 0.3) is 0 Å². The summed E-state index contributed by atoms with van der Waals surface area (Å²) in [7, 11) is 0.944. The molecule has 1 saturated heterocycles. The van der Waals surface area contributed by atoms with Gasteiger partial charge in [0.1, 0.15) is 5.73 Å². The van der Waals surface area contributed by atoms with E-state index in [2.05, 4.69) is 6.92 Å². The molecule has 1 aliphatic heterocycles. The van der Waals surface area contributed by atoms with Crippen LogP contribution in [0.5, 0.6) is 0 Å². The topological polar surface area (TPSA) is 55.4 Å². The van der Waals surface area contributed by atoms with Crippen molar-refractivity contribution in [2.45, 2.75) is 77.6 Å². The van der Waals surface area contributed by atoms with Crippen LogP contribution >= 0.6 is 0 Å². The molecule has 1 aliphatic rings. The van der Waals surface area contributed by atoms with Crippen molar-refractivity contribution in [3.63, 3.8) is 0 Å². The predicted molar refractivity (Wildman–Crippen MR) is 85.5 cm³/mol. The van der Waals surface area contributed by atoms with Crippen LogP contribution in [0.2, 0.25) is 6.55 Å². The van der Waals surface area contributed by atoms with Crippen molar-refractivity contribution in [2.24, 2.45) is 0 Å². The molecule has 0 bridgehead atoms. The van der Waals surface area contributed by atoms with Crippen molar-refractivity contribution in [2.75, 3.05) is 20.8 Å². The van der Waals surface area contributed by atoms with Gasteiger partial charge in [-0.3, -0.25) is 4.74 Å². The molecule has 0 aliphatic carbocycles. The van der Waals surface area contributed by atoms with Gasteiger partial charge in [0.25, 0.3) is 5.97 Å². The first-order chi connectivity index (χ1) is 10.4. The SMILES string of the molecule is CCC(OC(CC)[Si](C)(OC)OC)OC1(CC)OCC(C)O1. The molecule has 4 atom stereocenters. The second-order valence-electron chi connectivity index (χ2n) is 5.69. The molecule has 22 heavy (non-hydrogen) atoms. The van der Waals surface area contributed by atoms with Crippen LogP contribution in [0.15, 0.2) is 0 Å². The normalized spacial score (nSPS) is 28.8. The molecule has 132 valence electrons. The Morgan fingerprint density at radius 2 is 1.82 bits per heavy atom. The highest BCUT2D eigenvalue weighted by atomic mass is 28.4. The predicted octanol–water partition coefficient (Wildman–Crippen LogP) is 2.94. The summed E-state index contributed by atoms with van der Waals surface area (Å²) in [6, 6.07) is 0. The van der Waals surface area contributed by atoms with Crippen molar-refractivity contribution in [1.29, 1.82) is 0 Å². The third kappa shape index (κ3) is 4.74. The van der Waals surface area contributed by atoms with Crippen LogP contribution < -0.4 is 0 Å². The molecule has 0 aromatic carbocycles. The highest BCUT2D eigenvalue weighted by molar-refractivity contribution is 6.67. The molecule has 0 radical (unpaired) electrons. The quantitative estimate of drug-likeness (QED) is 0.452. The molecule has 0 aromatic heterocycles. The van der Waals surface area contributed by atoms with Gasteiger partial charge in [0.15, 0.2) is 6.29 Å². The molecular weight excluding hydrogens is 304 g/mol. The number of hydrogen-bond acceptors (Lipinski definition) is 6. The van der Waals surface area contributed by atoms with Crippen molar-refractivity contribution < 1.29 is 27.8 Å². The first-order valence-electron chi connectivity index (χ1n) is 8.13. The molecule has 0 aromatic rings. The Kier molecular flexibility index (Phi) is 7.94. The summed E-state index contributed by atoms with van der Waals surface area (Å²) in [5.74, 6) is -1.00. The lowest BCUT2D eigenvalue weighted by Crippen LogP contribution is -2.52. The Hall–Kier alpha value is -0.0231. The highest BCUT2D eigenvalue weighted by Gasteiger charge is 2.45. The van der Waals surface area contributed by atoms with Crippen molar-refractivity contribution in [1.82, 2.24) is 0 Å². The van der Waals surface area contributed by atoms with Gasteiger partial charge in [-0.15, -0.1) is 0 Å². The fourth-order valence-electron chi connectivity index (χ4n) is 2.48. The monoisotopic (exact) mass is 336 g/mol. The first-order valence-corrected chi connectivity index (χ1v) is 10.5. The zero-order valence-corrected chi connectivity index (χ0v) is 16.0. The van der Waals surface area contributed by atoms with Gasteiger partial charge in [-0.25, -0.2) is 0 Å². The summed E-state index contributed by atoms with van der Waals surface area (Å²) in [6.45, 7) is 10.5. The van der Waals surface area contributed by atoms with E-state index in [0.29, 0.717) is 19.4 Å². The van der Waals surface area contributed by atoms with E-state index >= 15 is 0 Å². The summed E-state index contributed by atoms with van der Waals surface area (Å²) >= 11 is 0. The van der Waals surface area contributed by atoms with Crippen LogP contribution in [0.3, 0.4) is 0 Å². The molecule has 0 amide bonds. The maximum atomic E-state index is 6.15. The Bertz CT molecular complexity index is 325. The van der Waals surface area contributed by atoms with Gasteiger partial charge in [-0.1, -0.05) is 20.8 Å². The molecular formula is C15H32O6Si. The molecule has 0 saturated carbocycles. The zero-order valence-electron chi connectivity index (χ0n) is 15.0. The average molecular weight is 337 g/mol. The summed E-state index contributed by atoms with van der Waals surface area (Å²) in [5.41, 5.74) is -0.125. The van der Waals surface area contributed by atoms with Gasteiger partial charge in [-0.05, 0) is 26.3 Å². The lowest BCUT2D eigenvalue weighted by atomic mass is 10.4. The van der Waals surface area contributed by atoms with E-state index in [1.54, 1.807) is 14.2 Å². The minimum absolute atomic E-state index is 0.0250. The second kappa shape index (κ2) is 8.72. The molecule has 6 nitrogen and oxygen atoms in total. The Morgan fingerprint density at radius 1 is 1.18 bits per heavy atom. The largest absolute Gasteiger partial charge is 0.396 e. The van der Waals surface area contributed by atoms with E-state index in [1.165, 1.54) is 0 Å². The van der Waals surface area contributed by atoms with Crippen molar-refractivity contribution in [3.05, 3.63) is 0 Å². The molecule has 1 heterocycles. The number of ether oxygens (including phenoxy) is 4. The maximum absolute atomic E-state index is 6.15. The van der Waals surface area contributed by atoms with Gasteiger partial charge in [0.2, 0.25) is 0 Å². The standard InChI is InChI=1S/C15H32O6Si/c1-8-13(19-14(9-2)22(7,16-5)17-6)21-15(10-3)18-11-12(4)20-15/h12-14H,8-11H2,1-7H3. The van der Waals surface area contributed by atoms with Crippen molar-refractivity contribution >= 4 is 8.56 Å². The van der Waals surface area contributed by atoms with Crippen LogP contribution in [0, 0.1) is 0 Å². The highest BCUT2D eigenvalue weighted by Crippen LogP contribution is 2.31. The fraction of sp³-hybridized carbons (Fsp3) is 1.00. The summed E-state index contributed by atoms with van der Waals surface area (Å²) in [4.78, 5) is 0. The van der Waals surface area contributed by atoms with E-state index in [4.69, 9.17) is 27.8 Å². The van der Waals surface area contributed by atoms with E-state index in [-0.39, 0.29) is 11.8 Å². The summed E-state index contributed by atoms with van der Waals surface area (Å²) < 4.78 is 34.9. The number of hydrogen-bond donors (Lipinski definition) is 0. The van der Waals surface area contributed by atoms with E-state index in [0.717, 1.165) is 6.42 Å². The average Bonchev–Trinajstić information content (AvgIpc) is 2.92. The van der Waals surface area contributed by atoms with E-state index in [9.17, 15) is 0 Å². The molecule has 0 N–H and O–H groups in total. The zero-order chi connectivity index (χ0) is 16.8. The van der Waals surface area contributed by atoms with Gasteiger partial charge < -0.3 is 23.1 Å². The molecule has 4 unspecified atom stereocenters. The number of rotatable bonds is 10. The molecule has 1 rings (SSSR count). The molecule has 1 fully saturated rings. The van der Waals surface area contributed by atoms with Gasteiger partial charge >= 0.3 is 8.56 Å². The smallest absolute Gasteiger partial charge is 0.364 e. The lowest BCUT2D eigenvalue weighted by Gasteiger charge is -2.36. The van der Waals surface area contributed by atoms with Gasteiger partial charge in [0.05, 0.1) is 12.7 Å². The Balaban J connectivity index is 2.74. The summed E-state index contributed by atoms with van der Waals surface area (Å²) in [5, 5.41) is 0. The minimum atomic E-state index is -2.39. The third-order valence-electron chi connectivity index (χ3n) is 4.08. The van der Waals surface area contributed by atoms with Crippen LogP contribution in [-0.4, -0.2) is 53.5 Å². The lowest BCUT2D eigenvalue weighted by molar-refractivity contribution is -0.388. The van der Waals surface area contributed by atoms with Crippen LogP contribution in [0.4, 0.5) is 0 Å².